The zero-order chi connectivity index (χ0) is 19.3. The van der Waals surface area contributed by atoms with Crippen LogP contribution in [0.4, 0.5) is 13.2 Å². The Balaban J connectivity index is 2.26. The highest BCUT2D eigenvalue weighted by Gasteiger charge is 2.35. The minimum absolute atomic E-state index is 0.100. The summed E-state index contributed by atoms with van der Waals surface area (Å²) in [7, 11) is 1.33. The molecule has 1 heterocycles. The normalized spacial score (nSPS) is 11.7. The van der Waals surface area contributed by atoms with Crippen molar-refractivity contribution in [1.82, 2.24) is 9.78 Å². The van der Waals surface area contributed by atoms with Crippen molar-refractivity contribution >= 4 is 28.9 Å². The van der Waals surface area contributed by atoms with Gasteiger partial charge < -0.3 is 9.57 Å². The van der Waals surface area contributed by atoms with Gasteiger partial charge in [-0.2, -0.15) is 18.3 Å². The molecule has 0 atom stereocenters. The van der Waals surface area contributed by atoms with Gasteiger partial charge in [0.15, 0.2) is 5.69 Å². The smallest absolute Gasteiger partial charge is 0.435 e. The Kier molecular flexibility index (Phi) is 6.40. The largest absolute Gasteiger partial charge is 0.471 e. The number of aromatic nitrogens is 2. The van der Waals surface area contributed by atoms with Gasteiger partial charge >= 0.3 is 6.18 Å². The number of nitrogens with zero attached hydrogens (tertiary/aromatic N) is 3. The summed E-state index contributed by atoms with van der Waals surface area (Å²) in [6.45, 7) is 1.32. The Morgan fingerprint density at radius 3 is 2.62 bits per heavy atom. The maximum atomic E-state index is 12.7. The third kappa shape index (κ3) is 5.07. The molecule has 1 aromatic carbocycles. The zero-order valence-corrected chi connectivity index (χ0v) is 15.1. The maximum absolute atomic E-state index is 12.7. The van der Waals surface area contributed by atoms with Gasteiger partial charge in [-0.1, -0.05) is 34.3 Å². The van der Waals surface area contributed by atoms with Gasteiger partial charge in [-0.25, -0.2) is 4.68 Å². The standard InChI is InChI=1S/C16H12Cl2F3N3O2/c1-3-6-26-23-13(11-5-4-10(17)7-12(11)18)9-25-15-8-14(16(19,20)21)22-24(15)2/h4-5,7-8H,9H2,1-2H3/b23-13+. The van der Waals surface area contributed by atoms with Crippen molar-refractivity contribution in [2.45, 2.75) is 13.1 Å². The first-order valence-corrected chi connectivity index (χ1v) is 7.82. The van der Waals surface area contributed by atoms with Crippen LogP contribution in [0.2, 0.25) is 10.0 Å². The number of benzene rings is 1. The summed E-state index contributed by atoms with van der Waals surface area (Å²) in [6.07, 6.45) is -2.29. The molecule has 0 amide bonds. The van der Waals surface area contributed by atoms with Crippen molar-refractivity contribution in [3.8, 4) is 17.9 Å². The van der Waals surface area contributed by atoms with E-state index in [9.17, 15) is 13.2 Å². The molecule has 0 aliphatic carbocycles. The summed E-state index contributed by atoms with van der Waals surface area (Å²) in [5, 5.41) is 7.86. The molecule has 0 saturated heterocycles. The minimum Gasteiger partial charge on any atom is -0.471 e. The summed E-state index contributed by atoms with van der Waals surface area (Å²) in [5.41, 5.74) is -0.414. The van der Waals surface area contributed by atoms with Crippen molar-refractivity contribution in [3.63, 3.8) is 0 Å². The van der Waals surface area contributed by atoms with Gasteiger partial charge in [0, 0.05) is 30.6 Å². The van der Waals surface area contributed by atoms with Gasteiger partial charge in [0.1, 0.15) is 18.4 Å². The van der Waals surface area contributed by atoms with Crippen LogP contribution in [0, 0.1) is 12.0 Å². The number of hydrogen-bond donors (Lipinski definition) is 0. The van der Waals surface area contributed by atoms with E-state index in [2.05, 4.69) is 22.3 Å². The average Bonchev–Trinajstić information content (AvgIpc) is 2.93. The first kappa shape index (κ1) is 19.9. The molecule has 1 aromatic heterocycles. The summed E-state index contributed by atoms with van der Waals surface area (Å²) >= 11 is 12.0. The summed E-state index contributed by atoms with van der Waals surface area (Å²) in [6, 6.07) is 5.44. The van der Waals surface area contributed by atoms with Gasteiger partial charge in [-0.05, 0) is 18.2 Å². The fraction of sp³-hybridized carbons (Fsp3) is 0.250. The van der Waals surface area contributed by atoms with Crippen LogP contribution in [0.3, 0.4) is 0 Å². The molecule has 10 heteroatoms. The fourth-order valence-corrected chi connectivity index (χ4v) is 2.38. The number of ether oxygens (including phenoxy) is 1. The molecular formula is C16H12Cl2F3N3O2. The zero-order valence-electron chi connectivity index (χ0n) is 13.6. The van der Waals surface area contributed by atoms with E-state index >= 15 is 0 Å². The number of hydrogen-bond acceptors (Lipinski definition) is 4. The van der Waals surface area contributed by atoms with E-state index < -0.39 is 11.9 Å². The van der Waals surface area contributed by atoms with E-state index in [4.69, 9.17) is 32.8 Å². The molecule has 0 spiro atoms. The highest BCUT2D eigenvalue weighted by atomic mass is 35.5. The van der Waals surface area contributed by atoms with Crippen molar-refractivity contribution < 1.29 is 22.7 Å². The number of halogens is 5. The quantitative estimate of drug-likeness (QED) is 0.417. The van der Waals surface area contributed by atoms with Crippen molar-refractivity contribution in [2.75, 3.05) is 6.61 Å². The van der Waals surface area contributed by atoms with Crippen LogP contribution < -0.4 is 4.74 Å². The van der Waals surface area contributed by atoms with Crippen LogP contribution in [0.5, 0.6) is 5.88 Å². The van der Waals surface area contributed by atoms with Crippen molar-refractivity contribution in [3.05, 3.63) is 45.6 Å². The Labute approximate surface area is 157 Å². The van der Waals surface area contributed by atoms with E-state index in [1.807, 2.05) is 0 Å². The molecule has 26 heavy (non-hydrogen) atoms. The molecule has 0 radical (unpaired) electrons. The van der Waals surface area contributed by atoms with E-state index in [1.165, 1.54) is 13.1 Å². The predicted octanol–water partition coefficient (Wildman–Crippen LogP) is 4.53. The molecule has 0 unspecified atom stereocenters. The molecular weight excluding hydrogens is 394 g/mol. The Morgan fingerprint density at radius 2 is 2.04 bits per heavy atom. The lowest BCUT2D eigenvalue weighted by Gasteiger charge is -2.10. The molecule has 2 aromatic rings. The molecule has 2 rings (SSSR count). The minimum atomic E-state index is -4.57. The van der Waals surface area contributed by atoms with E-state index in [0.717, 1.165) is 10.7 Å². The Bertz CT molecular complexity index is 883. The van der Waals surface area contributed by atoms with E-state index in [1.54, 1.807) is 19.1 Å². The Hall–Kier alpha value is -2.37. The second-order valence-corrected chi connectivity index (χ2v) is 5.73. The predicted molar refractivity (Wildman–Crippen MR) is 91.2 cm³/mol. The molecule has 0 fully saturated rings. The van der Waals surface area contributed by atoms with Crippen LogP contribution in [0.25, 0.3) is 0 Å². The molecule has 0 aliphatic heterocycles. The number of alkyl halides is 3. The monoisotopic (exact) mass is 405 g/mol. The van der Waals surface area contributed by atoms with Gasteiger partial charge in [0.25, 0.3) is 0 Å². The average molecular weight is 406 g/mol. The summed E-state index contributed by atoms with van der Waals surface area (Å²) in [4.78, 5) is 4.82. The lowest BCUT2D eigenvalue weighted by atomic mass is 10.1. The van der Waals surface area contributed by atoms with Crippen molar-refractivity contribution in [1.29, 1.82) is 0 Å². The lowest BCUT2D eigenvalue weighted by Crippen LogP contribution is -2.15. The van der Waals surface area contributed by atoms with Gasteiger partial charge in [-0.3, -0.25) is 0 Å². The number of aryl methyl sites for hydroxylation is 1. The lowest BCUT2D eigenvalue weighted by molar-refractivity contribution is -0.141. The topological polar surface area (TPSA) is 48.6 Å². The first-order chi connectivity index (χ1) is 12.2. The van der Waals surface area contributed by atoms with E-state index in [-0.39, 0.29) is 23.2 Å². The van der Waals surface area contributed by atoms with Crippen LogP contribution in [-0.2, 0) is 18.1 Å². The number of oxime groups is 1. The highest BCUT2D eigenvalue weighted by Crippen LogP contribution is 2.30. The molecule has 0 saturated carbocycles. The molecule has 138 valence electrons. The third-order valence-electron chi connectivity index (χ3n) is 3.03. The first-order valence-electron chi connectivity index (χ1n) is 7.06. The highest BCUT2D eigenvalue weighted by molar-refractivity contribution is 6.37. The van der Waals surface area contributed by atoms with Crippen LogP contribution in [-0.4, -0.2) is 22.1 Å². The second-order valence-electron chi connectivity index (χ2n) is 4.88. The fourth-order valence-electron chi connectivity index (χ4n) is 1.87. The molecule has 0 bridgehead atoms. The molecule has 5 nitrogen and oxygen atoms in total. The second kappa shape index (κ2) is 8.34. The molecule has 0 aliphatic rings. The summed E-state index contributed by atoms with van der Waals surface area (Å²) in [5.74, 6) is 2.39. The van der Waals surface area contributed by atoms with E-state index in [0.29, 0.717) is 10.6 Å². The van der Waals surface area contributed by atoms with Gasteiger partial charge in [-0.15, -0.1) is 0 Å². The maximum Gasteiger partial charge on any atom is 0.435 e. The number of rotatable bonds is 5. The summed E-state index contributed by atoms with van der Waals surface area (Å²) < 4.78 is 44.5. The Morgan fingerprint density at radius 1 is 1.31 bits per heavy atom. The van der Waals surface area contributed by atoms with Crippen LogP contribution in [0.1, 0.15) is 18.2 Å². The molecule has 0 N–H and O–H groups in total. The van der Waals surface area contributed by atoms with Gasteiger partial charge in [0.05, 0.1) is 5.02 Å². The van der Waals surface area contributed by atoms with Crippen LogP contribution >= 0.6 is 23.2 Å². The van der Waals surface area contributed by atoms with Crippen molar-refractivity contribution in [2.24, 2.45) is 12.2 Å². The SMILES string of the molecule is CC#CO/N=C(\COc1cc(C(F)(F)F)nn1C)c1ccc(Cl)cc1Cl. The third-order valence-corrected chi connectivity index (χ3v) is 3.58. The van der Waals surface area contributed by atoms with Gasteiger partial charge in [0.2, 0.25) is 5.88 Å². The van der Waals surface area contributed by atoms with Crippen LogP contribution in [0.15, 0.2) is 29.4 Å².